The molecule has 108 valence electrons. The molecular formula is C17H16FNO2. The van der Waals surface area contributed by atoms with Crippen LogP contribution in [-0.4, -0.2) is 24.0 Å². The Morgan fingerprint density at radius 3 is 2.67 bits per heavy atom. The second-order valence-electron chi connectivity index (χ2n) is 5.22. The Hall–Kier alpha value is -2.20. The van der Waals surface area contributed by atoms with Crippen LogP contribution >= 0.6 is 0 Å². The maximum Gasteiger partial charge on any atom is 0.188 e. The number of hydrogen-bond acceptors (Lipinski definition) is 3. The lowest BCUT2D eigenvalue weighted by molar-refractivity contribution is 0.0903. The average molecular weight is 285 g/mol. The third-order valence-electron chi connectivity index (χ3n) is 3.83. The molecule has 1 aliphatic rings. The Balaban J connectivity index is 1.77. The number of ketones is 1. The fraction of sp³-hybridized carbons (Fsp3) is 0.235. The molecule has 0 atom stereocenters. The van der Waals surface area contributed by atoms with Gasteiger partial charge in [-0.3, -0.25) is 4.79 Å². The van der Waals surface area contributed by atoms with Crippen LogP contribution in [0.1, 0.15) is 21.5 Å². The summed E-state index contributed by atoms with van der Waals surface area (Å²) in [5, 5.41) is 8.83. The largest absolute Gasteiger partial charge is 0.388 e. The second-order valence-corrected chi connectivity index (χ2v) is 5.22. The van der Waals surface area contributed by atoms with Gasteiger partial charge in [-0.15, -0.1) is 0 Å². The minimum Gasteiger partial charge on any atom is -0.388 e. The highest BCUT2D eigenvalue weighted by molar-refractivity contribution is 5.96. The zero-order chi connectivity index (χ0) is 14.8. The van der Waals surface area contributed by atoms with Crippen LogP contribution in [0.15, 0.2) is 42.5 Å². The van der Waals surface area contributed by atoms with E-state index in [0.29, 0.717) is 12.1 Å². The van der Waals surface area contributed by atoms with E-state index in [1.54, 1.807) is 18.2 Å². The molecule has 0 radical (unpaired) electrons. The van der Waals surface area contributed by atoms with Crippen molar-refractivity contribution >= 4 is 11.5 Å². The first-order valence-corrected chi connectivity index (χ1v) is 6.94. The summed E-state index contributed by atoms with van der Waals surface area (Å²) in [4.78, 5) is 13.5. The summed E-state index contributed by atoms with van der Waals surface area (Å²) in [5.41, 5.74) is 3.68. The topological polar surface area (TPSA) is 40.5 Å². The first-order chi connectivity index (χ1) is 10.2. The normalized spacial score (nSPS) is 13.3. The number of carbonyl (C=O) groups is 1. The van der Waals surface area contributed by atoms with Crippen molar-refractivity contribution in [2.45, 2.75) is 13.0 Å². The Morgan fingerprint density at radius 1 is 1.19 bits per heavy atom. The predicted molar refractivity (Wildman–Crippen MR) is 79.0 cm³/mol. The third-order valence-corrected chi connectivity index (χ3v) is 3.83. The summed E-state index contributed by atoms with van der Waals surface area (Å²) in [5.74, 6) is -0.500. The van der Waals surface area contributed by atoms with Crippen molar-refractivity contribution in [3.63, 3.8) is 0 Å². The van der Waals surface area contributed by atoms with Gasteiger partial charge in [0.25, 0.3) is 0 Å². The average Bonchev–Trinajstić information content (AvgIpc) is 2.89. The van der Waals surface area contributed by atoms with Crippen molar-refractivity contribution in [3.8, 4) is 0 Å². The number of hydrogen-bond donors (Lipinski definition) is 1. The van der Waals surface area contributed by atoms with Crippen LogP contribution in [0.4, 0.5) is 10.1 Å². The zero-order valence-corrected chi connectivity index (χ0v) is 11.6. The van der Waals surface area contributed by atoms with Crippen molar-refractivity contribution in [2.75, 3.05) is 18.1 Å². The molecule has 1 aliphatic heterocycles. The first kappa shape index (κ1) is 13.8. The van der Waals surface area contributed by atoms with Crippen molar-refractivity contribution in [1.29, 1.82) is 0 Å². The highest BCUT2D eigenvalue weighted by Crippen LogP contribution is 2.29. The summed E-state index contributed by atoms with van der Waals surface area (Å²) < 4.78 is 13.4. The molecule has 0 amide bonds. The first-order valence-electron chi connectivity index (χ1n) is 6.94. The van der Waals surface area contributed by atoms with E-state index in [-0.39, 0.29) is 11.6 Å². The molecule has 0 spiro atoms. The van der Waals surface area contributed by atoms with Gasteiger partial charge in [-0.2, -0.15) is 0 Å². The number of Topliss-reactive ketones (excluding diaryl/α,β-unsaturated/α-hetero) is 1. The summed E-state index contributed by atoms with van der Waals surface area (Å²) in [6, 6.07) is 12.1. The molecule has 1 N–H and O–H groups in total. The van der Waals surface area contributed by atoms with E-state index >= 15 is 0 Å². The van der Waals surface area contributed by atoms with Gasteiger partial charge in [0.15, 0.2) is 5.78 Å². The van der Waals surface area contributed by atoms with Gasteiger partial charge in [-0.1, -0.05) is 30.3 Å². The highest BCUT2D eigenvalue weighted by Gasteiger charge is 2.19. The molecule has 0 saturated heterocycles. The summed E-state index contributed by atoms with van der Waals surface area (Å²) in [7, 11) is 0. The molecule has 3 nitrogen and oxygen atoms in total. The number of nitrogens with zero attached hydrogens (tertiary/aromatic N) is 1. The molecule has 3 rings (SSSR count). The van der Waals surface area contributed by atoms with Gasteiger partial charge < -0.3 is 10.0 Å². The van der Waals surface area contributed by atoms with Crippen molar-refractivity contribution in [1.82, 2.24) is 0 Å². The fourth-order valence-electron chi connectivity index (χ4n) is 2.69. The SMILES string of the molecule is O=C(CO)c1ccc(CN2CCc3ccc(F)cc32)cc1. The van der Waals surface area contributed by atoms with Crippen LogP contribution in [0.3, 0.4) is 0 Å². The number of benzene rings is 2. The highest BCUT2D eigenvalue weighted by atomic mass is 19.1. The lowest BCUT2D eigenvalue weighted by Gasteiger charge is -2.19. The van der Waals surface area contributed by atoms with Crippen LogP contribution in [0.5, 0.6) is 0 Å². The van der Waals surface area contributed by atoms with E-state index in [1.165, 1.54) is 11.6 Å². The lowest BCUT2D eigenvalue weighted by atomic mass is 10.1. The van der Waals surface area contributed by atoms with Crippen LogP contribution in [0, 0.1) is 5.82 Å². The number of carbonyl (C=O) groups excluding carboxylic acids is 1. The Morgan fingerprint density at radius 2 is 1.95 bits per heavy atom. The van der Waals surface area contributed by atoms with E-state index in [1.807, 2.05) is 18.2 Å². The fourth-order valence-corrected chi connectivity index (χ4v) is 2.69. The van der Waals surface area contributed by atoms with Gasteiger partial charge in [0.2, 0.25) is 0 Å². The summed E-state index contributed by atoms with van der Waals surface area (Å²) in [6.07, 6.45) is 0.927. The lowest BCUT2D eigenvalue weighted by Crippen LogP contribution is -2.19. The number of aliphatic hydroxyl groups excluding tert-OH is 1. The van der Waals surface area contributed by atoms with Gasteiger partial charge in [0.05, 0.1) is 0 Å². The Kier molecular flexibility index (Phi) is 3.71. The number of fused-ring (bicyclic) bond motifs is 1. The van der Waals surface area contributed by atoms with Crippen LogP contribution in [-0.2, 0) is 13.0 Å². The number of halogens is 1. The van der Waals surface area contributed by atoms with Crippen LogP contribution in [0.25, 0.3) is 0 Å². The van der Waals surface area contributed by atoms with E-state index in [4.69, 9.17) is 5.11 Å². The maximum absolute atomic E-state index is 13.4. The minimum absolute atomic E-state index is 0.218. The maximum atomic E-state index is 13.4. The van der Waals surface area contributed by atoms with Gasteiger partial charge in [0, 0.05) is 24.3 Å². The zero-order valence-electron chi connectivity index (χ0n) is 11.6. The molecule has 21 heavy (non-hydrogen) atoms. The molecule has 2 aromatic carbocycles. The van der Waals surface area contributed by atoms with Crippen LogP contribution < -0.4 is 4.90 Å². The molecule has 1 heterocycles. The van der Waals surface area contributed by atoms with Gasteiger partial charge in [-0.05, 0) is 29.7 Å². The molecule has 0 aromatic heterocycles. The molecule has 0 unspecified atom stereocenters. The van der Waals surface area contributed by atoms with Crippen molar-refractivity contribution < 1.29 is 14.3 Å². The van der Waals surface area contributed by atoms with Crippen molar-refractivity contribution in [3.05, 3.63) is 65.0 Å². The standard InChI is InChI=1S/C17H16FNO2/c18-15-6-5-13-7-8-19(16(13)9-15)10-12-1-3-14(4-2-12)17(21)11-20/h1-6,9,20H,7-8,10-11H2. The van der Waals surface area contributed by atoms with E-state index in [0.717, 1.165) is 24.2 Å². The second kappa shape index (κ2) is 5.66. The quantitative estimate of drug-likeness (QED) is 0.878. The molecule has 0 bridgehead atoms. The molecule has 0 saturated carbocycles. The molecule has 0 fully saturated rings. The van der Waals surface area contributed by atoms with Crippen LogP contribution in [0.2, 0.25) is 0 Å². The predicted octanol–water partition coefficient (Wildman–Crippen LogP) is 2.56. The number of aliphatic hydroxyl groups is 1. The Labute approximate surface area is 122 Å². The smallest absolute Gasteiger partial charge is 0.188 e. The monoisotopic (exact) mass is 285 g/mol. The molecular weight excluding hydrogens is 269 g/mol. The van der Waals surface area contributed by atoms with Gasteiger partial charge in [-0.25, -0.2) is 4.39 Å². The number of rotatable bonds is 4. The summed E-state index contributed by atoms with van der Waals surface area (Å²) in [6.45, 7) is 1.08. The van der Waals surface area contributed by atoms with Gasteiger partial charge >= 0.3 is 0 Å². The third kappa shape index (κ3) is 2.81. The minimum atomic E-state index is -0.474. The van der Waals surface area contributed by atoms with Gasteiger partial charge in [0.1, 0.15) is 12.4 Å². The van der Waals surface area contributed by atoms with E-state index in [9.17, 15) is 9.18 Å². The van der Waals surface area contributed by atoms with E-state index < -0.39 is 6.61 Å². The summed E-state index contributed by atoms with van der Waals surface area (Å²) >= 11 is 0. The van der Waals surface area contributed by atoms with Crippen molar-refractivity contribution in [2.24, 2.45) is 0 Å². The molecule has 4 heteroatoms. The number of anilines is 1. The molecule has 2 aromatic rings. The Bertz CT molecular complexity index is 667. The molecule has 0 aliphatic carbocycles. The van der Waals surface area contributed by atoms with E-state index in [2.05, 4.69) is 4.90 Å².